The van der Waals surface area contributed by atoms with Crippen LogP contribution in [0.2, 0.25) is 0 Å². The average Bonchev–Trinajstić information content (AvgIpc) is 2.86. The first-order valence-corrected chi connectivity index (χ1v) is 13.6. The molecule has 2 heterocycles. The maximum absolute atomic E-state index is 13.0. The minimum Gasteiger partial charge on any atom is -0.379 e. The van der Waals surface area contributed by atoms with Crippen LogP contribution in [-0.4, -0.2) is 70.1 Å². The number of nitrogens with zero attached hydrogens (tertiary/aromatic N) is 2. The smallest absolute Gasteiger partial charge is 0.261 e. The number of aryl methyl sites for hydroxylation is 1. The zero-order valence-electron chi connectivity index (χ0n) is 20.1. The van der Waals surface area contributed by atoms with Gasteiger partial charge in [0, 0.05) is 31.7 Å². The first-order chi connectivity index (χ1) is 16.3. The molecule has 0 radical (unpaired) electrons. The lowest BCUT2D eigenvalue weighted by Crippen LogP contribution is -2.40. The molecule has 4 rings (SSSR count). The molecule has 2 aliphatic heterocycles. The third kappa shape index (κ3) is 5.98. The van der Waals surface area contributed by atoms with Gasteiger partial charge in [-0.05, 0) is 87.0 Å². The Morgan fingerprint density at radius 2 is 1.68 bits per heavy atom. The lowest BCUT2D eigenvalue weighted by molar-refractivity contribution is 0.0332. The molecule has 0 spiro atoms. The molecule has 1 amide bonds. The molecule has 0 saturated carbocycles. The molecule has 0 aromatic heterocycles. The summed E-state index contributed by atoms with van der Waals surface area (Å²) < 4.78 is 33.8. The van der Waals surface area contributed by atoms with Gasteiger partial charge in [0.25, 0.3) is 15.9 Å². The highest BCUT2D eigenvalue weighted by molar-refractivity contribution is 7.92. The van der Waals surface area contributed by atoms with Gasteiger partial charge < -0.3 is 9.64 Å². The number of morpholine rings is 1. The summed E-state index contributed by atoms with van der Waals surface area (Å²) in [6.45, 7) is 10.1. The summed E-state index contributed by atoms with van der Waals surface area (Å²) in [5, 5.41) is 0. The number of anilines is 1. The third-order valence-electron chi connectivity index (χ3n) is 7.12. The van der Waals surface area contributed by atoms with Crippen LogP contribution in [0.15, 0.2) is 47.4 Å². The Kier molecular flexibility index (Phi) is 7.91. The van der Waals surface area contributed by atoms with Gasteiger partial charge in [0.1, 0.15) is 0 Å². The Hall–Kier alpha value is -2.42. The summed E-state index contributed by atoms with van der Waals surface area (Å²) in [5.74, 6) is 0.619. The Balaban J connectivity index is 1.31. The summed E-state index contributed by atoms with van der Waals surface area (Å²) >= 11 is 0. The number of carbonyl (C=O) groups is 1. The largest absolute Gasteiger partial charge is 0.379 e. The van der Waals surface area contributed by atoms with Crippen LogP contribution < -0.4 is 4.72 Å². The van der Waals surface area contributed by atoms with Crippen LogP contribution in [0.4, 0.5) is 5.69 Å². The van der Waals surface area contributed by atoms with E-state index in [0.717, 1.165) is 69.9 Å². The Labute approximate surface area is 203 Å². The molecule has 8 heteroatoms. The van der Waals surface area contributed by atoms with Crippen molar-refractivity contribution in [3.8, 4) is 0 Å². The van der Waals surface area contributed by atoms with E-state index in [1.165, 1.54) is 18.6 Å². The van der Waals surface area contributed by atoms with Crippen LogP contribution >= 0.6 is 0 Å². The van der Waals surface area contributed by atoms with Gasteiger partial charge in [-0.1, -0.05) is 12.1 Å². The van der Waals surface area contributed by atoms with Crippen molar-refractivity contribution in [1.82, 2.24) is 9.80 Å². The minimum atomic E-state index is -3.73. The van der Waals surface area contributed by atoms with Crippen molar-refractivity contribution < 1.29 is 17.9 Å². The Bertz CT molecular complexity index is 1090. The van der Waals surface area contributed by atoms with Gasteiger partial charge in [-0.25, -0.2) is 8.42 Å². The SMILES string of the molecule is Cc1cccc(NS(=O)(=O)c2ccc(C(=O)N3CCC(CCN4CCOCC4)CC3)cc2)c1C. The molecule has 0 unspecified atom stereocenters. The first kappa shape index (κ1) is 24.7. The summed E-state index contributed by atoms with van der Waals surface area (Å²) in [5.41, 5.74) is 3.01. The fraction of sp³-hybridized carbons (Fsp3) is 0.500. The lowest BCUT2D eigenvalue weighted by Gasteiger charge is -2.34. The van der Waals surface area contributed by atoms with E-state index in [1.54, 1.807) is 18.2 Å². The van der Waals surface area contributed by atoms with E-state index in [1.807, 2.05) is 30.9 Å². The highest BCUT2D eigenvalue weighted by atomic mass is 32.2. The van der Waals surface area contributed by atoms with E-state index >= 15 is 0 Å². The fourth-order valence-electron chi connectivity index (χ4n) is 4.64. The minimum absolute atomic E-state index is 0.0296. The predicted octanol–water partition coefficient (Wildman–Crippen LogP) is 3.68. The highest BCUT2D eigenvalue weighted by Gasteiger charge is 2.25. The molecule has 7 nitrogen and oxygen atoms in total. The summed E-state index contributed by atoms with van der Waals surface area (Å²) in [4.78, 5) is 17.5. The van der Waals surface area contributed by atoms with Crippen LogP contribution in [-0.2, 0) is 14.8 Å². The second kappa shape index (κ2) is 10.9. The molecule has 2 aromatic carbocycles. The van der Waals surface area contributed by atoms with Crippen molar-refractivity contribution in [2.45, 2.75) is 38.0 Å². The van der Waals surface area contributed by atoms with E-state index in [4.69, 9.17) is 4.74 Å². The maximum atomic E-state index is 13.0. The topological polar surface area (TPSA) is 79.0 Å². The zero-order chi connectivity index (χ0) is 24.1. The number of likely N-dealkylation sites (tertiary alicyclic amines) is 1. The molecule has 2 aromatic rings. The molecular formula is C26H35N3O4S. The molecule has 2 aliphatic rings. The molecule has 184 valence electrons. The van der Waals surface area contributed by atoms with Crippen molar-refractivity contribution in [2.24, 2.45) is 5.92 Å². The van der Waals surface area contributed by atoms with E-state index in [2.05, 4.69) is 9.62 Å². The molecule has 34 heavy (non-hydrogen) atoms. The number of ether oxygens (including phenoxy) is 1. The van der Waals surface area contributed by atoms with E-state index in [-0.39, 0.29) is 10.8 Å². The average molecular weight is 486 g/mol. The number of carbonyl (C=O) groups excluding carboxylic acids is 1. The third-order valence-corrected chi connectivity index (χ3v) is 8.50. The second-order valence-corrected chi connectivity index (χ2v) is 11.0. The van der Waals surface area contributed by atoms with Gasteiger partial charge in [-0.3, -0.25) is 14.4 Å². The number of nitrogens with one attached hydrogen (secondary N) is 1. The number of rotatable bonds is 7. The number of benzene rings is 2. The van der Waals surface area contributed by atoms with Gasteiger partial charge in [0.05, 0.1) is 23.8 Å². The molecule has 0 bridgehead atoms. The van der Waals surface area contributed by atoms with Crippen molar-refractivity contribution in [3.05, 3.63) is 59.2 Å². The molecule has 0 aliphatic carbocycles. The summed E-state index contributed by atoms with van der Waals surface area (Å²) in [6.07, 6.45) is 3.20. The second-order valence-electron chi connectivity index (χ2n) is 9.36. The van der Waals surface area contributed by atoms with Crippen molar-refractivity contribution >= 4 is 21.6 Å². The first-order valence-electron chi connectivity index (χ1n) is 12.1. The van der Waals surface area contributed by atoms with Gasteiger partial charge >= 0.3 is 0 Å². The maximum Gasteiger partial charge on any atom is 0.261 e. The van der Waals surface area contributed by atoms with Crippen LogP contribution in [0, 0.1) is 19.8 Å². The van der Waals surface area contributed by atoms with Crippen molar-refractivity contribution in [3.63, 3.8) is 0 Å². The van der Waals surface area contributed by atoms with Crippen LogP contribution in [0.25, 0.3) is 0 Å². The van der Waals surface area contributed by atoms with Crippen LogP contribution in [0.1, 0.15) is 40.7 Å². The predicted molar refractivity (Wildman–Crippen MR) is 134 cm³/mol. The number of piperidine rings is 1. The van der Waals surface area contributed by atoms with Gasteiger partial charge in [0.2, 0.25) is 0 Å². The molecule has 2 saturated heterocycles. The monoisotopic (exact) mass is 485 g/mol. The molecule has 1 N–H and O–H groups in total. The lowest BCUT2D eigenvalue weighted by atomic mass is 9.93. The quantitative estimate of drug-likeness (QED) is 0.647. The van der Waals surface area contributed by atoms with Gasteiger partial charge in [-0.2, -0.15) is 0 Å². The summed E-state index contributed by atoms with van der Waals surface area (Å²) in [6, 6.07) is 11.8. The Morgan fingerprint density at radius 1 is 1.00 bits per heavy atom. The van der Waals surface area contributed by atoms with E-state index in [0.29, 0.717) is 17.2 Å². The molecular weight excluding hydrogens is 450 g/mol. The normalized spacial score (nSPS) is 18.1. The number of amides is 1. The standard InChI is InChI=1S/C26H35N3O4S/c1-20-4-3-5-25(21(20)2)27-34(31,32)24-8-6-23(7-9-24)26(30)29-14-11-22(12-15-29)10-13-28-16-18-33-19-17-28/h3-9,22,27H,10-19H2,1-2H3. The fourth-order valence-corrected chi connectivity index (χ4v) is 5.76. The molecule has 2 fully saturated rings. The van der Waals surface area contributed by atoms with Crippen molar-refractivity contribution in [2.75, 3.05) is 50.7 Å². The number of hydrogen-bond acceptors (Lipinski definition) is 5. The van der Waals surface area contributed by atoms with Crippen LogP contribution in [0.3, 0.4) is 0 Å². The van der Waals surface area contributed by atoms with Gasteiger partial charge in [0.15, 0.2) is 0 Å². The number of hydrogen-bond donors (Lipinski definition) is 1. The van der Waals surface area contributed by atoms with Gasteiger partial charge in [-0.15, -0.1) is 0 Å². The zero-order valence-corrected chi connectivity index (χ0v) is 20.9. The summed E-state index contributed by atoms with van der Waals surface area (Å²) in [7, 11) is -3.73. The number of sulfonamides is 1. The van der Waals surface area contributed by atoms with E-state index < -0.39 is 10.0 Å². The van der Waals surface area contributed by atoms with Crippen LogP contribution in [0.5, 0.6) is 0 Å². The highest BCUT2D eigenvalue weighted by Crippen LogP contribution is 2.24. The Morgan fingerprint density at radius 3 is 2.35 bits per heavy atom. The van der Waals surface area contributed by atoms with Crippen molar-refractivity contribution in [1.29, 1.82) is 0 Å². The molecule has 0 atom stereocenters. The van der Waals surface area contributed by atoms with E-state index in [9.17, 15) is 13.2 Å².